The molecule has 0 N–H and O–H groups in total. The molecule has 0 unspecified atom stereocenters. The predicted molar refractivity (Wildman–Crippen MR) is 96.6 cm³/mol. The topological polar surface area (TPSA) is 83.5 Å². The number of thioether (sulfide) groups is 1. The number of tetrazole rings is 1. The molecule has 4 rings (SSSR count). The molecular weight excluding hydrogens is 350 g/mol. The zero-order chi connectivity index (χ0) is 17.8. The van der Waals surface area contributed by atoms with Crippen LogP contribution in [0.5, 0.6) is 5.75 Å². The van der Waals surface area contributed by atoms with E-state index in [1.165, 1.54) is 11.8 Å². The minimum atomic E-state index is 0.614. The minimum absolute atomic E-state index is 0.614. The van der Waals surface area contributed by atoms with Gasteiger partial charge in [-0.25, -0.2) is 0 Å². The Labute approximate surface area is 153 Å². The zero-order valence-corrected chi connectivity index (χ0v) is 14.7. The van der Waals surface area contributed by atoms with Crippen LogP contribution in [0.15, 0.2) is 66.0 Å². The molecule has 2 aromatic heterocycles. The average molecular weight is 365 g/mol. The lowest BCUT2D eigenvalue weighted by Crippen LogP contribution is -2.00. The Morgan fingerprint density at radius 2 is 1.81 bits per heavy atom. The highest BCUT2D eigenvalue weighted by molar-refractivity contribution is 7.98. The van der Waals surface area contributed by atoms with E-state index >= 15 is 0 Å². The first-order chi connectivity index (χ1) is 12.8. The van der Waals surface area contributed by atoms with Crippen molar-refractivity contribution in [1.82, 2.24) is 35.2 Å². The van der Waals surface area contributed by atoms with Gasteiger partial charge in [-0.05, 0) is 46.8 Å². The Morgan fingerprint density at radius 1 is 1.00 bits per heavy atom. The Hall–Kier alpha value is -3.20. The second-order valence-electron chi connectivity index (χ2n) is 5.32. The summed E-state index contributed by atoms with van der Waals surface area (Å²) in [4.78, 5) is 1.61. The molecule has 0 spiro atoms. The van der Waals surface area contributed by atoms with Crippen molar-refractivity contribution in [3.05, 3.63) is 66.5 Å². The van der Waals surface area contributed by atoms with Crippen LogP contribution in [0.25, 0.3) is 11.4 Å². The number of para-hydroxylation sites is 1. The van der Waals surface area contributed by atoms with Crippen LogP contribution >= 0.6 is 11.8 Å². The summed E-state index contributed by atoms with van der Waals surface area (Å²) in [5, 5.41) is 21.4. The lowest BCUT2D eigenvalue weighted by molar-refractivity contribution is 0.414. The molecule has 2 heterocycles. The molecule has 9 heteroatoms. The molecule has 0 amide bonds. The number of benzene rings is 2. The largest absolute Gasteiger partial charge is 0.497 e. The van der Waals surface area contributed by atoms with Gasteiger partial charge in [0.1, 0.15) is 5.75 Å². The molecule has 26 heavy (non-hydrogen) atoms. The lowest BCUT2D eigenvalue weighted by atomic mass is 10.3. The van der Waals surface area contributed by atoms with E-state index in [2.05, 4.69) is 25.7 Å². The van der Waals surface area contributed by atoms with Gasteiger partial charge in [-0.3, -0.25) is 0 Å². The monoisotopic (exact) mass is 365 g/mol. The summed E-state index contributed by atoms with van der Waals surface area (Å²) in [5.41, 5.74) is 2.64. The fourth-order valence-electron chi connectivity index (χ4n) is 2.34. The molecule has 0 atom stereocenters. The predicted octanol–water partition coefficient (Wildman–Crippen LogP) is 2.54. The third kappa shape index (κ3) is 3.42. The normalized spacial score (nSPS) is 10.8. The Kier molecular flexibility index (Phi) is 4.61. The van der Waals surface area contributed by atoms with E-state index in [4.69, 9.17) is 4.74 Å². The van der Waals surface area contributed by atoms with Crippen LogP contribution < -0.4 is 4.74 Å². The van der Waals surface area contributed by atoms with Crippen LogP contribution in [0.3, 0.4) is 0 Å². The van der Waals surface area contributed by atoms with Gasteiger partial charge < -0.3 is 4.74 Å². The number of aromatic nitrogens is 7. The van der Waals surface area contributed by atoms with Gasteiger partial charge in [0.2, 0.25) is 5.16 Å². The van der Waals surface area contributed by atoms with Gasteiger partial charge in [-0.1, -0.05) is 30.0 Å². The van der Waals surface area contributed by atoms with Crippen LogP contribution in [-0.2, 0) is 5.75 Å². The number of methoxy groups -OCH3 is 1. The van der Waals surface area contributed by atoms with Crippen LogP contribution in [-0.4, -0.2) is 42.3 Å². The molecule has 0 bridgehead atoms. The van der Waals surface area contributed by atoms with E-state index in [1.807, 2.05) is 54.6 Å². The van der Waals surface area contributed by atoms with Gasteiger partial charge in [0, 0.05) is 5.75 Å². The molecule has 4 aromatic rings. The number of nitrogens with zero attached hydrogens (tertiary/aromatic N) is 7. The van der Waals surface area contributed by atoms with E-state index in [-0.39, 0.29) is 0 Å². The Balaban J connectivity index is 1.47. The summed E-state index contributed by atoms with van der Waals surface area (Å²) < 4.78 is 6.86. The minimum Gasteiger partial charge on any atom is -0.497 e. The quantitative estimate of drug-likeness (QED) is 0.486. The van der Waals surface area contributed by atoms with Gasteiger partial charge in [0.05, 0.1) is 30.4 Å². The molecule has 2 aromatic carbocycles. The summed E-state index contributed by atoms with van der Waals surface area (Å²) in [5.74, 6) is 1.40. The maximum atomic E-state index is 5.18. The SMILES string of the molecule is COc1ccc(-n2nnnc2SCc2cnn(-c3ccccc3)n2)cc1. The Morgan fingerprint density at radius 3 is 2.58 bits per heavy atom. The highest BCUT2D eigenvalue weighted by Gasteiger charge is 2.11. The van der Waals surface area contributed by atoms with Crippen LogP contribution in [0.4, 0.5) is 0 Å². The molecule has 130 valence electrons. The summed E-state index contributed by atoms with van der Waals surface area (Å²) in [7, 11) is 1.63. The van der Waals surface area contributed by atoms with Crippen LogP contribution in [0.2, 0.25) is 0 Å². The molecule has 0 aliphatic rings. The highest BCUT2D eigenvalue weighted by atomic mass is 32.2. The fraction of sp³-hybridized carbons (Fsp3) is 0.118. The van der Waals surface area contributed by atoms with Crippen molar-refractivity contribution in [3.63, 3.8) is 0 Å². The smallest absolute Gasteiger partial charge is 0.214 e. The standard InChI is InChI=1S/C17H15N7OS/c1-25-16-9-7-14(8-10-16)23-17(19-21-22-23)26-12-13-11-18-24(20-13)15-5-3-2-4-6-15/h2-11H,12H2,1H3. The molecular formula is C17H15N7OS. The third-order valence-electron chi connectivity index (χ3n) is 3.63. The first kappa shape index (κ1) is 16.3. The molecule has 0 saturated carbocycles. The molecule has 0 fully saturated rings. The van der Waals surface area contributed by atoms with E-state index < -0.39 is 0 Å². The fourth-order valence-corrected chi connectivity index (χ4v) is 3.11. The summed E-state index contributed by atoms with van der Waals surface area (Å²) in [6, 6.07) is 17.3. The van der Waals surface area contributed by atoms with E-state index in [0.29, 0.717) is 10.9 Å². The van der Waals surface area contributed by atoms with Crippen LogP contribution in [0.1, 0.15) is 5.69 Å². The van der Waals surface area contributed by atoms with Gasteiger partial charge in [-0.15, -0.1) is 5.10 Å². The summed E-state index contributed by atoms with van der Waals surface area (Å²) in [6.45, 7) is 0. The van der Waals surface area contributed by atoms with Gasteiger partial charge in [0.25, 0.3) is 0 Å². The molecule has 0 saturated heterocycles. The second kappa shape index (κ2) is 7.36. The van der Waals surface area contributed by atoms with Gasteiger partial charge >= 0.3 is 0 Å². The lowest BCUT2D eigenvalue weighted by Gasteiger charge is -2.04. The highest BCUT2D eigenvalue weighted by Crippen LogP contribution is 2.23. The maximum absolute atomic E-state index is 5.18. The van der Waals surface area contributed by atoms with E-state index in [0.717, 1.165) is 22.8 Å². The van der Waals surface area contributed by atoms with Crippen molar-refractivity contribution in [1.29, 1.82) is 0 Å². The van der Waals surface area contributed by atoms with Crippen molar-refractivity contribution < 1.29 is 4.74 Å². The molecule has 0 aliphatic heterocycles. The Bertz CT molecular complexity index is 982. The van der Waals surface area contributed by atoms with Crippen molar-refractivity contribution in [2.45, 2.75) is 10.9 Å². The van der Waals surface area contributed by atoms with Crippen molar-refractivity contribution in [3.8, 4) is 17.1 Å². The first-order valence-corrected chi connectivity index (χ1v) is 8.84. The van der Waals surface area contributed by atoms with Crippen molar-refractivity contribution >= 4 is 11.8 Å². The van der Waals surface area contributed by atoms with E-state index in [9.17, 15) is 0 Å². The number of hydrogen-bond donors (Lipinski definition) is 0. The van der Waals surface area contributed by atoms with Crippen LogP contribution in [0, 0.1) is 0 Å². The number of ether oxygens (including phenoxy) is 1. The van der Waals surface area contributed by atoms with Gasteiger partial charge in [-0.2, -0.15) is 19.7 Å². The number of rotatable bonds is 6. The molecule has 0 aliphatic carbocycles. The average Bonchev–Trinajstić information content (AvgIpc) is 3.36. The van der Waals surface area contributed by atoms with Gasteiger partial charge in [0.15, 0.2) is 0 Å². The van der Waals surface area contributed by atoms with Crippen molar-refractivity contribution in [2.24, 2.45) is 0 Å². The number of hydrogen-bond acceptors (Lipinski definition) is 7. The second-order valence-corrected chi connectivity index (χ2v) is 6.26. The maximum Gasteiger partial charge on any atom is 0.214 e. The molecule has 8 nitrogen and oxygen atoms in total. The third-order valence-corrected chi connectivity index (χ3v) is 4.59. The van der Waals surface area contributed by atoms with E-state index in [1.54, 1.807) is 22.8 Å². The summed E-state index contributed by atoms with van der Waals surface area (Å²) in [6.07, 6.45) is 1.75. The zero-order valence-electron chi connectivity index (χ0n) is 13.9. The summed E-state index contributed by atoms with van der Waals surface area (Å²) >= 11 is 1.50. The molecule has 0 radical (unpaired) electrons. The van der Waals surface area contributed by atoms with Crippen molar-refractivity contribution in [2.75, 3.05) is 7.11 Å². The first-order valence-electron chi connectivity index (χ1n) is 7.86.